The Balaban J connectivity index is 1.72. The van der Waals surface area contributed by atoms with E-state index in [9.17, 15) is 0 Å². The first-order chi connectivity index (χ1) is 8.90. The SMILES string of the molecule is CCCNC(CCC1CCCCC1)C1CCCC1. The largest absolute Gasteiger partial charge is 0.314 e. The van der Waals surface area contributed by atoms with E-state index in [2.05, 4.69) is 12.2 Å². The number of hydrogen-bond acceptors (Lipinski definition) is 1. The third-order valence-corrected chi connectivity index (χ3v) is 5.24. The summed E-state index contributed by atoms with van der Waals surface area (Å²) in [7, 11) is 0. The lowest BCUT2D eigenvalue weighted by Gasteiger charge is -2.28. The first-order valence-corrected chi connectivity index (χ1v) is 8.63. The molecule has 1 heteroatoms. The minimum Gasteiger partial charge on any atom is -0.314 e. The van der Waals surface area contributed by atoms with Crippen molar-refractivity contribution in [2.24, 2.45) is 11.8 Å². The maximum absolute atomic E-state index is 3.85. The van der Waals surface area contributed by atoms with Crippen molar-refractivity contribution in [3.05, 3.63) is 0 Å². The van der Waals surface area contributed by atoms with E-state index in [-0.39, 0.29) is 0 Å². The molecule has 2 fully saturated rings. The van der Waals surface area contributed by atoms with Gasteiger partial charge in [-0.15, -0.1) is 0 Å². The highest BCUT2D eigenvalue weighted by molar-refractivity contribution is 4.81. The fourth-order valence-corrected chi connectivity index (χ4v) is 4.08. The molecule has 0 saturated heterocycles. The van der Waals surface area contributed by atoms with Crippen LogP contribution in [0.15, 0.2) is 0 Å². The molecule has 1 nitrogen and oxygen atoms in total. The quantitative estimate of drug-likeness (QED) is 0.678. The van der Waals surface area contributed by atoms with Crippen molar-refractivity contribution in [3.63, 3.8) is 0 Å². The summed E-state index contributed by atoms with van der Waals surface area (Å²) < 4.78 is 0. The van der Waals surface area contributed by atoms with E-state index < -0.39 is 0 Å². The van der Waals surface area contributed by atoms with Gasteiger partial charge in [0.15, 0.2) is 0 Å². The Morgan fingerprint density at radius 1 is 0.944 bits per heavy atom. The normalized spacial score (nSPS) is 24.5. The van der Waals surface area contributed by atoms with Gasteiger partial charge in [0, 0.05) is 6.04 Å². The standard InChI is InChI=1S/C17H33N/c1-2-14-18-17(16-10-6-7-11-16)13-12-15-8-4-3-5-9-15/h15-18H,2-14H2,1H3. The summed E-state index contributed by atoms with van der Waals surface area (Å²) in [5, 5.41) is 3.85. The van der Waals surface area contributed by atoms with Crippen LogP contribution in [0.3, 0.4) is 0 Å². The summed E-state index contributed by atoms with van der Waals surface area (Å²) >= 11 is 0. The van der Waals surface area contributed by atoms with Crippen LogP contribution in [-0.2, 0) is 0 Å². The van der Waals surface area contributed by atoms with E-state index in [4.69, 9.17) is 0 Å². The Morgan fingerprint density at radius 2 is 1.61 bits per heavy atom. The van der Waals surface area contributed by atoms with Crippen LogP contribution in [-0.4, -0.2) is 12.6 Å². The molecule has 2 aliphatic rings. The van der Waals surface area contributed by atoms with Crippen molar-refractivity contribution >= 4 is 0 Å². The first-order valence-electron chi connectivity index (χ1n) is 8.63. The van der Waals surface area contributed by atoms with Crippen LogP contribution in [0.2, 0.25) is 0 Å². The summed E-state index contributed by atoms with van der Waals surface area (Å²) in [4.78, 5) is 0. The zero-order chi connectivity index (χ0) is 12.6. The summed E-state index contributed by atoms with van der Waals surface area (Å²) in [6.45, 7) is 3.52. The summed E-state index contributed by atoms with van der Waals surface area (Å²) in [5.41, 5.74) is 0. The molecule has 106 valence electrons. The summed E-state index contributed by atoms with van der Waals surface area (Å²) in [6, 6.07) is 0.842. The maximum Gasteiger partial charge on any atom is 0.00954 e. The van der Waals surface area contributed by atoms with Gasteiger partial charge in [0.1, 0.15) is 0 Å². The molecule has 0 aromatic carbocycles. The number of rotatable bonds is 7. The van der Waals surface area contributed by atoms with Gasteiger partial charge in [0.25, 0.3) is 0 Å². The van der Waals surface area contributed by atoms with Crippen molar-refractivity contribution in [2.75, 3.05) is 6.54 Å². The minimum atomic E-state index is 0.842. The average Bonchev–Trinajstić information content (AvgIpc) is 2.94. The second-order valence-corrected chi connectivity index (χ2v) is 6.69. The summed E-state index contributed by atoms with van der Waals surface area (Å²) in [5.74, 6) is 2.06. The Hall–Kier alpha value is -0.0400. The van der Waals surface area contributed by atoms with Crippen LogP contribution in [0.25, 0.3) is 0 Å². The van der Waals surface area contributed by atoms with Gasteiger partial charge in [-0.3, -0.25) is 0 Å². The Bertz CT molecular complexity index is 202. The fourth-order valence-electron chi connectivity index (χ4n) is 4.08. The van der Waals surface area contributed by atoms with E-state index in [1.807, 2.05) is 0 Å². The molecule has 18 heavy (non-hydrogen) atoms. The van der Waals surface area contributed by atoms with Crippen LogP contribution >= 0.6 is 0 Å². The first kappa shape index (κ1) is 14.4. The Labute approximate surface area is 114 Å². The van der Waals surface area contributed by atoms with Crippen molar-refractivity contribution in [1.82, 2.24) is 5.32 Å². The highest BCUT2D eigenvalue weighted by atomic mass is 14.9. The molecule has 0 bridgehead atoms. The topological polar surface area (TPSA) is 12.0 Å². The third-order valence-electron chi connectivity index (χ3n) is 5.24. The van der Waals surface area contributed by atoms with Gasteiger partial charge in [-0.25, -0.2) is 0 Å². The second kappa shape index (κ2) is 8.19. The van der Waals surface area contributed by atoms with Gasteiger partial charge in [0.2, 0.25) is 0 Å². The molecule has 1 N–H and O–H groups in total. The molecule has 0 aliphatic heterocycles. The molecule has 0 radical (unpaired) electrons. The van der Waals surface area contributed by atoms with Gasteiger partial charge >= 0.3 is 0 Å². The zero-order valence-electron chi connectivity index (χ0n) is 12.4. The molecule has 0 aromatic heterocycles. The predicted molar refractivity (Wildman–Crippen MR) is 79.8 cm³/mol. The van der Waals surface area contributed by atoms with E-state index in [1.165, 1.54) is 83.6 Å². The molecule has 0 amide bonds. The van der Waals surface area contributed by atoms with Crippen molar-refractivity contribution in [3.8, 4) is 0 Å². The number of nitrogens with one attached hydrogen (secondary N) is 1. The van der Waals surface area contributed by atoms with Gasteiger partial charge in [-0.05, 0) is 50.5 Å². The minimum absolute atomic E-state index is 0.842. The third kappa shape index (κ3) is 4.57. The van der Waals surface area contributed by atoms with E-state index in [0.717, 1.165) is 17.9 Å². The van der Waals surface area contributed by atoms with Crippen LogP contribution in [0.5, 0.6) is 0 Å². The lowest BCUT2D eigenvalue weighted by molar-refractivity contribution is 0.277. The Morgan fingerprint density at radius 3 is 2.28 bits per heavy atom. The fraction of sp³-hybridized carbons (Fsp3) is 1.00. The molecule has 0 aromatic rings. The van der Waals surface area contributed by atoms with E-state index >= 15 is 0 Å². The smallest absolute Gasteiger partial charge is 0.00954 e. The molecule has 2 saturated carbocycles. The van der Waals surface area contributed by atoms with Crippen molar-refractivity contribution in [1.29, 1.82) is 0 Å². The van der Waals surface area contributed by atoms with E-state index in [1.54, 1.807) is 0 Å². The van der Waals surface area contributed by atoms with Gasteiger partial charge in [-0.1, -0.05) is 51.9 Å². The molecule has 2 aliphatic carbocycles. The monoisotopic (exact) mass is 251 g/mol. The van der Waals surface area contributed by atoms with Crippen LogP contribution < -0.4 is 5.32 Å². The average molecular weight is 251 g/mol. The van der Waals surface area contributed by atoms with Crippen LogP contribution in [0.1, 0.15) is 84.0 Å². The van der Waals surface area contributed by atoms with Crippen molar-refractivity contribution < 1.29 is 0 Å². The summed E-state index contributed by atoms with van der Waals surface area (Å²) in [6.07, 6.45) is 17.7. The molecule has 1 unspecified atom stereocenters. The number of hydrogen-bond donors (Lipinski definition) is 1. The van der Waals surface area contributed by atoms with Gasteiger partial charge < -0.3 is 5.32 Å². The molecule has 2 rings (SSSR count). The molecule has 0 spiro atoms. The predicted octanol–water partition coefficient (Wildman–Crippen LogP) is 4.91. The van der Waals surface area contributed by atoms with Gasteiger partial charge in [-0.2, -0.15) is 0 Å². The molecular formula is C17H33N. The van der Waals surface area contributed by atoms with Crippen LogP contribution in [0.4, 0.5) is 0 Å². The zero-order valence-corrected chi connectivity index (χ0v) is 12.4. The Kier molecular flexibility index (Phi) is 6.54. The lowest BCUT2D eigenvalue weighted by Crippen LogP contribution is -2.36. The van der Waals surface area contributed by atoms with E-state index in [0.29, 0.717) is 0 Å². The molecule has 0 heterocycles. The molecular weight excluding hydrogens is 218 g/mol. The van der Waals surface area contributed by atoms with Crippen LogP contribution in [0, 0.1) is 11.8 Å². The highest BCUT2D eigenvalue weighted by Crippen LogP contribution is 2.33. The maximum atomic E-state index is 3.85. The van der Waals surface area contributed by atoms with Crippen molar-refractivity contribution in [2.45, 2.75) is 90.0 Å². The molecule has 1 atom stereocenters. The van der Waals surface area contributed by atoms with Gasteiger partial charge in [0.05, 0.1) is 0 Å². The lowest BCUT2D eigenvalue weighted by atomic mass is 9.83. The second-order valence-electron chi connectivity index (χ2n) is 6.69. The highest BCUT2D eigenvalue weighted by Gasteiger charge is 2.25.